The molecule has 21 heteroatoms. The number of piperazine rings is 1. The Morgan fingerprint density at radius 3 is 2.33 bits per heavy atom. The van der Waals surface area contributed by atoms with Gasteiger partial charge < -0.3 is 46.3 Å². The van der Waals surface area contributed by atoms with Gasteiger partial charge in [0.15, 0.2) is 0 Å². The van der Waals surface area contributed by atoms with Crippen LogP contribution >= 0.6 is 0 Å². The van der Waals surface area contributed by atoms with Crippen molar-refractivity contribution in [3.63, 3.8) is 0 Å². The van der Waals surface area contributed by atoms with Crippen LogP contribution < -0.4 is 31.9 Å². The molecule has 79 heavy (non-hydrogen) atoms. The van der Waals surface area contributed by atoms with E-state index in [1.54, 1.807) is 45.2 Å². The number of rotatable bonds is 17. The molecular weight excluding hydrogens is 1020 g/mol. The number of nitrogens with zero attached hydrogens (tertiary/aromatic N) is 4. The number of hydrogen-bond donors (Lipinski definition) is 6. The quantitative estimate of drug-likeness (QED) is 0.0875. The van der Waals surface area contributed by atoms with Gasteiger partial charge in [0.05, 0.1) is 31.2 Å². The zero-order valence-electron chi connectivity index (χ0n) is 45.3. The number of anilines is 3. The second kappa shape index (κ2) is 24.7. The summed E-state index contributed by atoms with van der Waals surface area (Å²) in [6, 6.07) is 16.5. The molecule has 0 aromatic heterocycles. The number of carbonyl (C=O) groups excluding carboxylic acids is 6. The van der Waals surface area contributed by atoms with Crippen molar-refractivity contribution >= 4 is 52.5 Å². The van der Waals surface area contributed by atoms with Gasteiger partial charge in [-0.05, 0) is 130 Å². The number of hydrogen-bond acceptors (Lipinski definition) is 13. The molecule has 0 saturated carbocycles. The highest BCUT2D eigenvalue weighted by atomic mass is 19.1. The van der Waals surface area contributed by atoms with Crippen LogP contribution in [0.15, 0.2) is 78.9 Å². The van der Waals surface area contributed by atoms with E-state index in [0.29, 0.717) is 82.1 Å². The largest absolute Gasteiger partial charge is 0.383 e. The highest BCUT2D eigenvalue weighted by molar-refractivity contribution is 6.07. The number of fused-ring (bicyclic) bond motifs is 2. The number of benzene rings is 4. The summed E-state index contributed by atoms with van der Waals surface area (Å²) < 4.78 is 55.3. The molecule has 9 rings (SSSR count). The summed E-state index contributed by atoms with van der Waals surface area (Å²) >= 11 is 0. The Labute approximate surface area is 458 Å². The molecule has 6 amide bonds. The number of likely N-dealkylation sites (N-methyl/N-ethyl adjacent to an activating group) is 1. The first-order valence-corrected chi connectivity index (χ1v) is 27.2. The van der Waals surface area contributed by atoms with Crippen molar-refractivity contribution < 1.29 is 51.4 Å². The van der Waals surface area contributed by atoms with Crippen LogP contribution in [0.25, 0.3) is 0 Å². The van der Waals surface area contributed by atoms with Crippen molar-refractivity contribution in [2.24, 2.45) is 5.92 Å². The van der Waals surface area contributed by atoms with Crippen molar-refractivity contribution in [3.8, 4) is 0 Å². The van der Waals surface area contributed by atoms with Gasteiger partial charge in [-0.3, -0.25) is 43.5 Å². The predicted molar refractivity (Wildman–Crippen MR) is 290 cm³/mol. The van der Waals surface area contributed by atoms with Crippen LogP contribution in [0, 0.1) is 23.4 Å². The zero-order valence-corrected chi connectivity index (χ0v) is 45.3. The van der Waals surface area contributed by atoms with Crippen molar-refractivity contribution in [3.05, 3.63) is 124 Å². The summed E-state index contributed by atoms with van der Waals surface area (Å²) in [5.74, 6) is -6.71. The van der Waals surface area contributed by atoms with Crippen LogP contribution in [0.1, 0.15) is 74.4 Å². The molecule has 4 aromatic carbocycles. The summed E-state index contributed by atoms with van der Waals surface area (Å²) in [5, 5.41) is 17.9. The topological polar surface area (TPSA) is 206 Å². The van der Waals surface area contributed by atoms with E-state index in [2.05, 4.69) is 48.6 Å². The van der Waals surface area contributed by atoms with E-state index < -0.39 is 82.9 Å². The van der Waals surface area contributed by atoms with Gasteiger partial charge in [0.1, 0.15) is 41.8 Å². The third kappa shape index (κ3) is 12.8. The lowest BCUT2D eigenvalue weighted by molar-refractivity contribution is -0.151. The first-order valence-electron chi connectivity index (χ1n) is 27.2. The van der Waals surface area contributed by atoms with Crippen molar-refractivity contribution in [1.29, 1.82) is 0 Å². The van der Waals surface area contributed by atoms with Crippen molar-refractivity contribution in [2.45, 2.75) is 95.2 Å². The molecule has 0 aliphatic carbocycles. The van der Waals surface area contributed by atoms with Crippen LogP contribution in [0.2, 0.25) is 0 Å². The standard InChI is InChI=1S/C58H71F3N10O8/c1-34-27-69(43(26-63-34)29-68-19-22-79-32-35(68)2)31-50(73)70(57(77)58(4)33-64-48-24-38(11-16-45(48)58)23-37-9-13-41(59)14-10-37)30-49(72)65-42-15-12-40-28-71(53(44(40)25-42)55(75)67-52-46(60)7-6-8-47(52)61)56(76)51(39-17-20-78-21-18-39)66-54(74)36(3)62-5/h6-16,24-25,34-36,39,43,51,53,62-64H,17-23,26-33H2,1-5H3,(H,65,72)(H,66,74)(H,67,75)/t34-,35-,36+,43-,51+,53+,58-/m1/s1. The fourth-order valence-corrected chi connectivity index (χ4v) is 11.4. The highest BCUT2D eigenvalue weighted by Crippen LogP contribution is 2.41. The average Bonchev–Trinajstić information content (AvgIpc) is 4.22. The molecule has 0 unspecified atom stereocenters. The van der Waals surface area contributed by atoms with Gasteiger partial charge in [0.25, 0.3) is 5.91 Å². The number of ether oxygens (including phenoxy) is 2. The lowest BCUT2D eigenvalue weighted by Gasteiger charge is -2.44. The molecule has 5 aliphatic rings. The molecule has 0 spiro atoms. The predicted octanol–water partition coefficient (Wildman–Crippen LogP) is 4.30. The number of para-hydroxylation sites is 1. The van der Waals surface area contributed by atoms with E-state index in [9.17, 15) is 23.6 Å². The van der Waals surface area contributed by atoms with Crippen molar-refractivity contribution in [1.82, 2.24) is 35.6 Å². The first kappa shape index (κ1) is 57.0. The summed E-state index contributed by atoms with van der Waals surface area (Å²) in [6.07, 6.45) is 1.38. The maximum absolute atomic E-state index is 15.3. The molecule has 0 radical (unpaired) electrons. The molecule has 4 aromatic rings. The normalized spacial score (nSPS) is 23.2. The Morgan fingerprint density at radius 1 is 0.873 bits per heavy atom. The maximum Gasteiger partial charge on any atom is 0.252 e. The molecule has 5 heterocycles. The first-order chi connectivity index (χ1) is 37.9. The molecule has 3 saturated heterocycles. The number of amides is 6. The SMILES string of the molecule is CN[C@@H](C)C(=O)N[C@H](C(=O)N1Cc2ccc(NC(=O)CN(C(=O)CN3C[C@@H](C)NC[C@@H]3CN3CCOC[C@H]3C)C(=O)[C@]3(C)CNc4cc(Cc5ccc(F)cc5)ccc43)cc2[C@H]1C(=O)Nc1c(F)cccc1F)C1CCOCC1. The number of imide groups is 1. The summed E-state index contributed by atoms with van der Waals surface area (Å²) in [5.41, 5.74) is 2.00. The van der Waals surface area contributed by atoms with E-state index in [1.807, 2.05) is 25.1 Å². The van der Waals surface area contributed by atoms with E-state index in [0.717, 1.165) is 40.8 Å². The summed E-state index contributed by atoms with van der Waals surface area (Å²) in [6.45, 7) is 11.0. The third-order valence-corrected chi connectivity index (χ3v) is 16.2. The average molecular weight is 1090 g/mol. The fraction of sp³-hybridized carbons (Fsp3) is 0.483. The Morgan fingerprint density at radius 2 is 1.61 bits per heavy atom. The fourth-order valence-electron chi connectivity index (χ4n) is 11.4. The summed E-state index contributed by atoms with van der Waals surface area (Å²) in [7, 11) is 1.61. The molecule has 5 aliphatic heterocycles. The van der Waals surface area contributed by atoms with Gasteiger partial charge in [0, 0.05) is 82.0 Å². The lowest BCUT2D eigenvalue weighted by Crippen LogP contribution is -2.63. The lowest BCUT2D eigenvalue weighted by atomic mass is 9.82. The Bertz CT molecular complexity index is 2910. The number of halogens is 3. The van der Waals surface area contributed by atoms with Crippen molar-refractivity contribution in [2.75, 3.05) is 95.2 Å². The maximum atomic E-state index is 15.3. The van der Waals surface area contributed by atoms with Gasteiger partial charge in [0.2, 0.25) is 29.5 Å². The monoisotopic (exact) mass is 1090 g/mol. The Balaban J connectivity index is 1.01. The van der Waals surface area contributed by atoms with Crippen LogP contribution in [-0.4, -0.2) is 165 Å². The summed E-state index contributed by atoms with van der Waals surface area (Å²) in [4.78, 5) is 94.4. The zero-order chi connectivity index (χ0) is 56.1. The molecular formula is C58H71F3N10O8. The Kier molecular flexibility index (Phi) is 17.8. The number of carbonyl (C=O) groups is 6. The minimum atomic E-state index is -1.50. The van der Waals surface area contributed by atoms with E-state index in [-0.39, 0.29) is 60.7 Å². The molecule has 3 fully saturated rings. The molecule has 7 atom stereocenters. The molecule has 422 valence electrons. The van der Waals surface area contributed by atoms with Gasteiger partial charge in [-0.25, -0.2) is 13.2 Å². The molecule has 0 bridgehead atoms. The minimum absolute atomic E-state index is 0.0300. The van der Waals surface area contributed by atoms with Gasteiger partial charge in [-0.2, -0.15) is 0 Å². The van der Waals surface area contributed by atoms with Gasteiger partial charge in [-0.1, -0.05) is 36.4 Å². The minimum Gasteiger partial charge on any atom is -0.383 e. The van der Waals surface area contributed by atoms with Crippen LogP contribution in [-0.2, 0) is 56.6 Å². The number of nitrogens with one attached hydrogen (secondary N) is 6. The highest BCUT2D eigenvalue weighted by Gasteiger charge is 2.48. The van der Waals surface area contributed by atoms with E-state index in [4.69, 9.17) is 9.47 Å². The van der Waals surface area contributed by atoms with Gasteiger partial charge in [-0.15, -0.1) is 0 Å². The third-order valence-electron chi connectivity index (χ3n) is 16.2. The van der Waals surface area contributed by atoms with E-state index >= 15 is 18.4 Å². The van der Waals surface area contributed by atoms with E-state index in [1.165, 1.54) is 23.1 Å². The molecule has 18 nitrogen and oxygen atoms in total. The second-order valence-electron chi connectivity index (χ2n) is 21.8. The van der Waals surface area contributed by atoms with Gasteiger partial charge >= 0.3 is 0 Å². The molecule has 6 N–H and O–H groups in total. The second-order valence-corrected chi connectivity index (χ2v) is 21.8. The van der Waals surface area contributed by atoms with Crippen LogP contribution in [0.3, 0.4) is 0 Å². The number of morpholine rings is 1. The van der Waals surface area contributed by atoms with Crippen LogP contribution in [0.5, 0.6) is 0 Å². The Hall–Kier alpha value is -6.75. The smallest absolute Gasteiger partial charge is 0.252 e. The van der Waals surface area contributed by atoms with Crippen LogP contribution in [0.4, 0.5) is 30.2 Å².